The van der Waals surface area contributed by atoms with Gasteiger partial charge in [0.1, 0.15) is 0 Å². The molecule has 0 aromatic carbocycles. The number of hydrogen-bond acceptors (Lipinski definition) is 0. The molecule has 55 valence electrons. The number of halogens is 3. The van der Waals surface area contributed by atoms with Gasteiger partial charge in [0.05, 0.1) is 0 Å². The Hall–Kier alpha value is -0.0331. The average Bonchev–Trinajstić information content (AvgIpc) is 1.59. The molecule has 0 saturated heterocycles. The van der Waals surface area contributed by atoms with Crippen molar-refractivity contribution >= 4 is 9.04 Å². The maximum absolute atomic E-state index is 11.3. The molecule has 0 heterocycles. The van der Waals surface area contributed by atoms with E-state index >= 15 is 0 Å². The number of hydrogen-bond donors (Lipinski definition) is 0. The van der Waals surface area contributed by atoms with Crippen LogP contribution in [0.1, 0.15) is 6.42 Å². The van der Waals surface area contributed by atoms with E-state index in [4.69, 9.17) is 0 Å². The Kier molecular flexibility index (Phi) is 3.20. The van der Waals surface area contributed by atoms with E-state index in [-0.39, 0.29) is 6.04 Å². The molecule has 1 unspecified atom stereocenters. The zero-order valence-electron chi connectivity index (χ0n) is 5.03. The maximum Gasteiger partial charge on any atom is 0.388 e. The van der Waals surface area contributed by atoms with Crippen LogP contribution in [-0.4, -0.2) is 15.2 Å². The molecule has 0 saturated carbocycles. The Morgan fingerprint density at radius 1 is 1.44 bits per heavy atom. The van der Waals surface area contributed by atoms with Gasteiger partial charge in [0.25, 0.3) is 0 Å². The monoisotopic (exact) mass is 157 g/mol. The lowest BCUT2D eigenvalue weighted by Crippen LogP contribution is -2.12. The molecule has 0 bridgehead atoms. The quantitative estimate of drug-likeness (QED) is 0.544. The highest BCUT2D eigenvalue weighted by Gasteiger charge is 2.27. The molecule has 0 aliphatic carbocycles. The van der Waals surface area contributed by atoms with Gasteiger partial charge in [-0.2, -0.15) is 13.2 Å². The minimum atomic E-state index is -4.13. The molecule has 0 amide bonds. The Bertz CT molecular complexity index is 80.4. The molecule has 0 aromatic rings. The van der Waals surface area contributed by atoms with E-state index < -0.39 is 21.6 Å². The topological polar surface area (TPSA) is 19.9 Å². The van der Waals surface area contributed by atoms with Crippen molar-refractivity contribution < 1.29 is 18.0 Å². The molecule has 0 aliphatic heterocycles. The van der Waals surface area contributed by atoms with Crippen LogP contribution in [0.5, 0.6) is 0 Å². The third-order valence-corrected chi connectivity index (χ3v) is 1.94. The van der Waals surface area contributed by atoms with Crippen molar-refractivity contribution in [2.24, 2.45) is 0 Å². The first-order valence-corrected chi connectivity index (χ1v) is 5.08. The molecular weight excluding hydrogens is 149 g/mol. The van der Waals surface area contributed by atoms with Gasteiger partial charge < -0.3 is 4.80 Å². The molecular formula is C4H8F3OSi. The molecule has 0 aliphatic rings. The lowest BCUT2D eigenvalue weighted by molar-refractivity contribution is -0.131. The second kappa shape index (κ2) is 3.22. The fourth-order valence-electron chi connectivity index (χ4n) is 0.367. The smallest absolute Gasteiger partial charge is 0.302 e. The normalized spacial score (nSPS) is 15.7. The van der Waals surface area contributed by atoms with Crippen LogP contribution in [0.4, 0.5) is 13.2 Å². The van der Waals surface area contributed by atoms with E-state index in [2.05, 4.69) is 0 Å². The van der Waals surface area contributed by atoms with E-state index in [0.29, 0.717) is 0 Å². The van der Waals surface area contributed by atoms with Gasteiger partial charge in [-0.05, 0) is 12.6 Å². The predicted octanol–water partition coefficient (Wildman–Crippen LogP) is 1.72. The Labute approximate surface area is 53.2 Å². The van der Waals surface area contributed by atoms with Gasteiger partial charge in [0, 0.05) is 6.42 Å². The lowest BCUT2D eigenvalue weighted by atomic mass is 10.5. The minimum absolute atomic E-state index is 0.177. The first-order valence-electron chi connectivity index (χ1n) is 2.64. The summed E-state index contributed by atoms with van der Waals surface area (Å²) in [5.41, 5.74) is 0. The summed E-state index contributed by atoms with van der Waals surface area (Å²) in [6.45, 7) is 1.37. The molecule has 9 heavy (non-hydrogen) atoms. The van der Waals surface area contributed by atoms with Crippen LogP contribution in [0.15, 0.2) is 0 Å². The second-order valence-corrected chi connectivity index (χ2v) is 4.16. The molecule has 1 atom stereocenters. The summed E-state index contributed by atoms with van der Waals surface area (Å²) in [7, 11) is -2.24. The first kappa shape index (κ1) is 8.97. The second-order valence-electron chi connectivity index (χ2n) is 1.96. The Balaban J connectivity index is 3.28. The lowest BCUT2D eigenvalue weighted by Gasteiger charge is -2.04. The van der Waals surface area contributed by atoms with Crippen molar-refractivity contribution in [2.75, 3.05) is 0 Å². The van der Waals surface area contributed by atoms with Crippen LogP contribution >= 0.6 is 0 Å². The van der Waals surface area contributed by atoms with Crippen LogP contribution < -0.4 is 0 Å². The third-order valence-electron chi connectivity index (χ3n) is 0.834. The summed E-state index contributed by atoms with van der Waals surface area (Å²) in [6, 6.07) is -0.177. The van der Waals surface area contributed by atoms with Crippen molar-refractivity contribution in [2.45, 2.75) is 25.2 Å². The SMILES string of the molecule is C[SiH]([O])CCC(F)(F)F. The van der Waals surface area contributed by atoms with E-state index in [1.54, 1.807) is 0 Å². The van der Waals surface area contributed by atoms with Crippen molar-refractivity contribution in [3.05, 3.63) is 0 Å². The van der Waals surface area contributed by atoms with E-state index in [0.717, 1.165) is 0 Å². The fraction of sp³-hybridized carbons (Fsp3) is 1.00. The van der Waals surface area contributed by atoms with Crippen molar-refractivity contribution in [1.82, 2.24) is 0 Å². The van der Waals surface area contributed by atoms with Crippen LogP contribution in [0.2, 0.25) is 12.6 Å². The molecule has 5 heteroatoms. The summed E-state index contributed by atoms with van der Waals surface area (Å²) in [5.74, 6) is 0. The van der Waals surface area contributed by atoms with Gasteiger partial charge in [-0.1, -0.05) is 0 Å². The van der Waals surface area contributed by atoms with Crippen molar-refractivity contribution in [3.8, 4) is 0 Å². The van der Waals surface area contributed by atoms with E-state index in [1.807, 2.05) is 0 Å². The van der Waals surface area contributed by atoms with Crippen LogP contribution in [0.25, 0.3) is 0 Å². The third kappa shape index (κ3) is 7.97. The highest BCUT2D eigenvalue weighted by atomic mass is 28.3. The maximum atomic E-state index is 11.3. The summed E-state index contributed by atoms with van der Waals surface area (Å²) >= 11 is 0. The molecule has 0 N–H and O–H groups in total. The molecule has 0 fully saturated rings. The standard InChI is InChI=1S/C4H8F3OSi/c1-9(8)3-2-4(5,6)7/h9H,2-3H2,1H3. The van der Waals surface area contributed by atoms with E-state index in [1.165, 1.54) is 6.55 Å². The summed E-state index contributed by atoms with van der Waals surface area (Å²) in [4.78, 5) is 10.2. The van der Waals surface area contributed by atoms with Gasteiger partial charge in [-0.3, -0.25) is 0 Å². The van der Waals surface area contributed by atoms with Crippen molar-refractivity contribution in [1.29, 1.82) is 0 Å². The summed E-state index contributed by atoms with van der Waals surface area (Å²) < 4.78 is 33.9. The largest absolute Gasteiger partial charge is 0.388 e. The Morgan fingerprint density at radius 2 is 1.89 bits per heavy atom. The zero-order chi connectivity index (χ0) is 7.49. The number of alkyl halides is 3. The molecule has 1 nitrogen and oxygen atoms in total. The molecule has 0 rings (SSSR count). The first-order chi connectivity index (χ1) is 3.92. The Morgan fingerprint density at radius 3 is 2.00 bits per heavy atom. The highest BCUT2D eigenvalue weighted by molar-refractivity contribution is 6.48. The molecule has 1 radical (unpaired) electrons. The average molecular weight is 157 g/mol. The molecule has 0 spiro atoms. The summed E-state index contributed by atoms with van der Waals surface area (Å²) in [5, 5.41) is 0. The van der Waals surface area contributed by atoms with Gasteiger partial charge in [0.2, 0.25) is 9.04 Å². The van der Waals surface area contributed by atoms with Gasteiger partial charge in [0.15, 0.2) is 0 Å². The van der Waals surface area contributed by atoms with Crippen LogP contribution in [0, 0.1) is 0 Å². The van der Waals surface area contributed by atoms with E-state index in [9.17, 15) is 18.0 Å². The fourth-order valence-corrected chi connectivity index (χ4v) is 1.10. The predicted molar refractivity (Wildman–Crippen MR) is 29.2 cm³/mol. The van der Waals surface area contributed by atoms with Gasteiger partial charge in [-0.25, -0.2) is 0 Å². The van der Waals surface area contributed by atoms with Crippen molar-refractivity contribution in [3.63, 3.8) is 0 Å². The number of rotatable bonds is 2. The van der Waals surface area contributed by atoms with Crippen LogP contribution in [-0.2, 0) is 4.80 Å². The zero-order valence-corrected chi connectivity index (χ0v) is 6.19. The van der Waals surface area contributed by atoms with Gasteiger partial charge >= 0.3 is 6.18 Å². The highest BCUT2D eigenvalue weighted by Crippen LogP contribution is 2.22. The minimum Gasteiger partial charge on any atom is -0.302 e. The summed E-state index contributed by atoms with van der Waals surface area (Å²) in [6.07, 6.45) is -5.03. The van der Waals surface area contributed by atoms with Crippen LogP contribution in [0.3, 0.4) is 0 Å². The molecule has 0 aromatic heterocycles. The van der Waals surface area contributed by atoms with Gasteiger partial charge in [-0.15, -0.1) is 0 Å².